The maximum Gasteiger partial charge on any atom is 0.458 e. The maximum absolute atomic E-state index is 14.4. The van der Waals surface area contributed by atoms with Crippen molar-refractivity contribution < 1.29 is 26.5 Å². The number of para-hydroxylation sites is 3. The number of alkyl halides is 5. The molecular formula is C22H16F5N2+. The maximum atomic E-state index is 14.4. The van der Waals surface area contributed by atoms with Gasteiger partial charge in [-0.25, -0.2) is 0 Å². The second kappa shape index (κ2) is 6.99. The molecule has 0 fully saturated rings. The molecule has 0 N–H and O–H groups in total. The van der Waals surface area contributed by atoms with E-state index in [1.54, 1.807) is 36.5 Å². The third kappa shape index (κ3) is 3.37. The second-order valence-electron chi connectivity index (χ2n) is 6.65. The van der Waals surface area contributed by atoms with Gasteiger partial charge in [0.05, 0.1) is 16.8 Å². The van der Waals surface area contributed by atoms with Crippen LogP contribution in [0.4, 0.5) is 39.0 Å². The molecule has 0 saturated carbocycles. The van der Waals surface area contributed by atoms with Gasteiger partial charge in [0, 0.05) is 17.8 Å². The lowest BCUT2D eigenvalue weighted by atomic mass is 9.98. The minimum absolute atomic E-state index is 0.0893. The fourth-order valence-electron chi connectivity index (χ4n) is 3.40. The molecule has 2 nitrogen and oxygen atoms in total. The lowest BCUT2D eigenvalue weighted by Crippen LogP contribution is -2.38. The molecule has 0 radical (unpaired) electrons. The number of hydrogen-bond donors (Lipinski definition) is 0. The Kier molecular flexibility index (Phi) is 4.61. The molecule has 0 spiro atoms. The Morgan fingerprint density at radius 3 is 1.97 bits per heavy atom. The molecule has 1 aliphatic rings. The highest BCUT2D eigenvalue weighted by Crippen LogP contribution is 2.49. The van der Waals surface area contributed by atoms with E-state index in [2.05, 4.69) is 0 Å². The van der Waals surface area contributed by atoms with Gasteiger partial charge >= 0.3 is 12.1 Å². The van der Waals surface area contributed by atoms with E-state index in [4.69, 9.17) is 0 Å². The number of fused-ring (bicyclic) bond motifs is 1. The van der Waals surface area contributed by atoms with Gasteiger partial charge in [-0.15, -0.1) is 0 Å². The Hall–Kier alpha value is -3.22. The highest BCUT2D eigenvalue weighted by Gasteiger charge is 2.60. The van der Waals surface area contributed by atoms with Crippen molar-refractivity contribution in [2.24, 2.45) is 0 Å². The predicted molar refractivity (Wildman–Crippen MR) is 101 cm³/mol. The molecule has 1 aliphatic heterocycles. The molecule has 0 saturated heterocycles. The third-order valence-electron chi connectivity index (χ3n) is 4.78. The lowest BCUT2D eigenvalue weighted by Gasteiger charge is -2.32. The first-order valence-corrected chi connectivity index (χ1v) is 8.86. The quantitative estimate of drug-likeness (QED) is 0.372. The molecule has 29 heavy (non-hydrogen) atoms. The number of hydrogen-bond acceptors (Lipinski definition) is 1. The molecule has 0 amide bonds. The summed E-state index contributed by atoms with van der Waals surface area (Å²) in [5.74, 6) is -4.98. The van der Waals surface area contributed by atoms with Crippen LogP contribution in [-0.4, -0.2) is 23.6 Å². The average molecular weight is 403 g/mol. The first-order chi connectivity index (χ1) is 13.8. The van der Waals surface area contributed by atoms with E-state index in [1.165, 1.54) is 17.0 Å². The largest absolute Gasteiger partial charge is 0.458 e. The minimum Gasteiger partial charge on any atom is -0.284 e. The molecule has 3 aromatic carbocycles. The van der Waals surface area contributed by atoms with Gasteiger partial charge in [0.1, 0.15) is 0 Å². The normalized spacial score (nSPS) is 14.4. The van der Waals surface area contributed by atoms with Crippen LogP contribution in [-0.2, 0) is 5.92 Å². The highest BCUT2D eigenvalue weighted by molar-refractivity contribution is 5.91. The van der Waals surface area contributed by atoms with Crippen molar-refractivity contribution in [3.63, 3.8) is 0 Å². The van der Waals surface area contributed by atoms with Crippen molar-refractivity contribution in [3.8, 4) is 0 Å². The number of halogens is 5. The van der Waals surface area contributed by atoms with Crippen molar-refractivity contribution in [3.05, 3.63) is 90.0 Å². The van der Waals surface area contributed by atoms with E-state index in [0.717, 1.165) is 11.8 Å². The van der Waals surface area contributed by atoms with Gasteiger partial charge in [-0.1, -0.05) is 48.5 Å². The van der Waals surface area contributed by atoms with E-state index in [1.807, 2.05) is 34.9 Å². The van der Waals surface area contributed by atoms with E-state index < -0.39 is 17.7 Å². The summed E-state index contributed by atoms with van der Waals surface area (Å²) >= 11 is 0. The number of nitrogens with zero attached hydrogens (tertiary/aromatic N) is 2. The Balaban J connectivity index is 1.95. The number of benzene rings is 3. The fourth-order valence-corrected chi connectivity index (χ4v) is 3.40. The van der Waals surface area contributed by atoms with Crippen LogP contribution >= 0.6 is 0 Å². The van der Waals surface area contributed by atoms with Crippen molar-refractivity contribution in [2.75, 3.05) is 11.6 Å². The molecule has 0 aromatic heterocycles. The molecule has 148 valence electrons. The topological polar surface area (TPSA) is 6.25 Å². The van der Waals surface area contributed by atoms with Gasteiger partial charge in [-0.3, -0.25) is 4.90 Å². The minimum atomic E-state index is -5.69. The van der Waals surface area contributed by atoms with Gasteiger partial charge < -0.3 is 0 Å². The van der Waals surface area contributed by atoms with Crippen LogP contribution in [0.15, 0.2) is 78.9 Å². The molecule has 1 heterocycles. The summed E-state index contributed by atoms with van der Waals surface area (Å²) < 4.78 is 70.1. The summed E-state index contributed by atoms with van der Waals surface area (Å²) in [5.41, 5.74) is 0.397. The fraction of sp³-hybridized carbons (Fsp3) is 0.136. The van der Waals surface area contributed by atoms with Gasteiger partial charge in [0.25, 0.3) is 0 Å². The van der Waals surface area contributed by atoms with E-state index in [0.29, 0.717) is 5.69 Å². The molecule has 0 atom stereocenters. The standard InChI is InChI=1S/C22H16F5N2/c23-21(24,22(25,26)27)19-13-7-8-16-14-28(17-9-3-1-4-10-17)15-29(20(16)19)18-11-5-2-6-12-18/h1-14H,15H2/q+1. The zero-order valence-corrected chi connectivity index (χ0v) is 15.1. The molecule has 0 unspecified atom stereocenters. The molecule has 4 rings (SSSR count). The van der Waals surface area contributed by atoms with Crippen LogP contribution in [0.3, 0.4) is 0 Å². The SMILES string of the molecule is FC(F)(F)C(F)(F)c1cccc2c1N(c1ccccc1)C[N+](c1ccccc1)=C2. The van der Waals surface area contributed by atoms with Crippen molar-refractivity contribution in [1.29, 1.82) is 0 Å². The van der Waals surface area contributed by atoms with Gasteiger partial charge in [0.15, 0.2) is 6.21 Å². The van der Waals surface area contributed by atoms with Crippen LogP contribution in [0, 0.1) is 0 Å². The Bertz CT molecular complexity index is 1040. The Morgan fingerprint density at radius 2 is 1.34 bits per heavy atom. The Morgan fingerprint density at radius 1 is 0.724 bits per heavy atom. The summed E-state index contributed by atoms with van der Waals surface area (Å²) in [5, 5.41) is 0. The van der Waals surface area contributed by atoms with Crippen LogP contribution in [0.25, 0.3) is 0 Å². The summed E-state index contributed by atoms with van der Waals surface area (Å²) in [6.45, 7) is 0.0893. The van der Waals surface area contributed by atoms with E-state index >= 15 is 0 Å². The Labute approximate surface area is 164 Å². The van der Waals surface area contributed by atoms with Crippen LogP contribution in [0.5, 0.6) is 0 Å². The summed E-state index contributed by atoms with van der Waals surface area (Å²) in [7, 11) is 0. The van der Waals surface area contributed by atoms with Crippen molar-refractivity contribution >= 4 is 23.3 Å². The van der Waals surface area contributed by atoms with Crippen molar-refractivity contribution in [1.82, 2.24) is 0 Å². The molecule has 7 heteroatoms. The van der Waals surface area contributed by atoms with Gasteiger partial charge in [-0.2, -0.15) is 26.5 Å². The average Bonchev–Trinajstić information content (AvgIpc) is 2.73. The van der Waals surface area contributed by atoms with Crippen LogP contribution in [0.2, 0.25) is 0 Å². The van der Waals surface area contributed by atoms with E-state index in [9.17, 15) is 22.0 Å². The highest BCUT2D eigenvalue weighted by atomic mass is 19.4. The smallest absolute Gasteiger partial charge is 0.284 e. The number of rotatable bonds is 3. The molecular weight excluding hydrogens is 387 g/mol. The van der Waals surface area contributed by atoms with Crippen LogP contribution < -0.4 is 4.90 Å². The molecule has 0 bridgehead atoms. The monoisotopic (exact) mass is 403 g/mol. The van der Waals surface area contributed by atoms with Crippen LogP contribution in [0.1, 0.15) is 11.1 Å². The first kappa shape index (κ1) is 19.1. The molecule has 0 aliphatic carbocycles. The van der Waals surface area contributed by atoms with Crippen molar-refractivity contribution in [2.45, 2.75) is 12.1 Å². The molecule has 3 aromatic rings. The van der Waals surface area contributed by atoms with E-state index in [-0.39, 0.29) is 17.9 Å². The van der Waals surface area contributed by atoms with Gasteiger partial charge in [-0.05, 0) is 18.2 Å². The second-order valence-corrected chi connectivity index (χ2v) is 6.65. The summed E-state index contributed by atoms with van der Waals surface area (Å²) in [6, 6.07) is 21.4. The zero-order chi connectivity index (χ0) is 20.6. The summed E-state index contributed by atoms with van der Waals surface area (Å²) in [4.78, 5) is 1.48. The predicted octanol–water partition coefficient (Wildman–Crippen LogP) is 6.21. The lowest BCUT2D eigenvalue weighted by molar-refractivity contribution is -0.434. The summed E-state index contributed by atoms with van der Waals surface area (Å²) in [6.07, 6.45) is -4.10. The third-order valence-corrected chi connectivity index (χ3v) is 4.78. The first-order valence-electron chi connectivity index (χ1n) is 8.86. The number of anilines is 2. The van der Waals surface area contributed by atoms with Gasteiger partial charge in [0.2, 0.25) is 12.4 Å². The zero-order valence-electron chi connectivity index (χ0n) is 15.1.